The van der Waals surface area contributed by atoms with Crippen molar-refractivity contribution in [1.82, 2.24) is 10.0 Å². The molecule has 3 N–H and O–H groups in total. The molecule has 0 spiro atoms. The Balaban J connectivity index is 1.37. The number of aromatic hydroxyl groups is 2. The highest BCUT2D eigenvalue weighted by Crippen LogP contribution is 2.20. The van der Waals surface area contributed by atoms with Crippen LogP contribution in [0.1, 0.15) is 23.2 Å². The van der Waals surface area contributed by atoms with Crippen LogP contribution in [0.15, 0.2) is 63.8 Å². The van der Waals surface area contributed by atoms with E-state index in [-0.39, 0.29) is 24.8 Å². The van der Waals surface area contributed by atoms with Gasteiger partial charge in [-0.3, -0.25) is 9.59 Å². The fraction of sp³-hybridized carbons (Fsp3) is 0.136. The first-order chi connectivity index (χ1) is 14.9. The van der Waals surface area contributed by atoms with Crippen LogP contribution < -0.4 is 15.6 Å². The van der Waals surface area contributed by atoms with Crippen molar-refractivity contribution in [2.45, 2.75) is 12.8 Å². The summed E-state index contributed by atoms with van der Waals surface area (Å²) in [6.07, 6.45) is 0.221. The van der Waals surface area contributed by atoms with Gasteiger partial charge in [-0.1, -0.05) is 12.1 Å². The number of nitrogens with zero attached hydrogens (tertiary/aromatic N) is 1. The van der Waals surface area contributed by atoms with Gasteiger partial charge in [0.15, 0.2) is 0 Å². The Kier molecular flexibility index (Phi) is 5.31. The average Bonchev–Trinajstić information content (AvgIpc) is 3.08. The molecule has 0 fully saturated rings. The number of aromatic nitrogens is 1. The molecule has 9 nitrogen and oxygen atoms in total. The Hall–Kier alpha value is -4.27. The molecule has 2 heterocycles. The van der Waals surface area contributed by atoms with E-state index >= 15 is 0 Å². The number of amides is 1. The van der Waals surface area contributed by atoms with Gasteiger partial charge in [0.2, 0.25) is 17.2 Å². The molecular weight excluding hydrogens is 404 g/mol. The Morgan fingerprint density at radius 3 is 2.45 bits per heavy atom. The monoisotopic (exact) mass is 422 g/mol. The largest absolute Gasteiger partial charge is 0.492 e. The summed E-state index contributed by atoms with van der Waals surface area (Å²) in [5.41, 5.74) is 0.941. The quantitative estimate of drug-likeness (QED) is 0.321. The Bertz CT molecular complexity index is 1330. The maximum Gasteiger partial charge on any atom is 0.333 e. The lowest BCUT2D eigenvalue weighted by molar-refractivity contribution is -0.145. The lowest BCUT2D eigenvalue weighted by atomic mass is 10.1. The topological polar surface area (TPSA) is 131 Å². The number of hydrogen-bond donors (Lipinski definition) is 3. The molecule has 0 saturated heterocycles. The highest BCUT2D eigenvalue weighted by molar-refractivity contribution is 5.99. The molecule has 0 aliphatic heterocycles. The summed E-state index contributed by atoms with van der Waals surface area (Å²) in [5.74, 6) is -1.91. The van der Waals surface area contributed by atoms with Gasteiger partial charge in [-0.15, -0.1) is 4.73 Å². The van der Waals surface area contributed by atoms with Crippen LogP contribution in [0.25, 0.3) is 21.9 Å². The van der Waals surface area contributed by atoms with Gasteiger partial charge in [0.1, 0.15) is 11.2 Å². The summed E-state index contributed by atoms with van der Waals surface area (Å²) in [6, 6.07) is 13.9. The van der Waals surface area contributed by atoms with E-state index in [0.29, 0.717) is 32.2 Å². The van der Waals surface area contributed by atoms with Crippen molar-refractivity contribution in [3.63, 3.8) is 0 Å². The predicted molar refractivity (Wildman–Crippen MR) is 111 cm³/mol. The molecule has 0 bridgehead atoms. The lowest BCUT2D eigenvalue weighted by Crippen LogP contribution is -2.26. The average molecular weight is 422 g/mol. The van der Waals surface area contributed by atoms with E-state index in [1.807, 2.05) is 0 Å². The van der Waals surface area contributed by atoms with Crippen LogP contribution in [-0.4, -0.2) is 33.4 Å². The maximum atomic E-state index is 12.7. The van der Waals surface area contributed by atoms with E-state index in [1.165, 1.54) is 18.2 Å². The predicted octanol–water partition coefficient (Wildman–Crippen LogP) is 2.32. The molecule has 0 aliphatic carbocycles. The van der Waals surface area contributed by atoms with Gasteiger partial charge in [-0.05, 0) is 36.8 Å². The molecule has 4 rings (SSSR count). The molecule has 31 heavy (non-hydrogen) atoms. The Labute approximate surface area is 175 Å². The van der Waals surface area contributed by atoms with Crippen molar-refractivity contribution < 1.29 is 29.1 Å². The Morgan fingerprint density at radius 1 is 0.968 bits per heavy atom. The van der Waals surface area contributed by atoms with E-state index in [9.17, 15) is 24.6 Å². The fourth-order valence-corrected chi connectivity index (χ4v) is 3.12. The molecule has 0 aliphatic rings. The van der Waals surface area contributed by atoms with E-state index in [0.717, 1.165) is 0 Å². The molecule has 9 heteroatoms. The summed E-state index contributed by atoms with van der Waals surface area (Å²) in [6.45, 7) is 0.182. The summed E-state index contributed by atoms with van der Waals surface area (Å²) in [5, 5.41) is 22.3. The van der Waals surface area contributed by atoms with E-state index in [4.69, 9.17) is 9.25 Å². The van der Waals surface area contributed by atoms with E-state index < -0.39 is 23.6 Å². The zero-order valence-electron chi connectivity index (χ0n) is 16.2. The molecule has 2 aromatic heterocycles. The zero-order chi connectivity index (χ0) is 22.0. The second kappa shape index (κ2) is 8.23. The molecule has 0 atom stereocenters. The number of carbonyl (C=O) groups excluding carboxylic acids is 2. The van der Waals surface area contributed by atoms with Gasteiger partial charge < -0.3 is 24.8 Å². The zero-order valence-corrected chi connectivity index (χ0v) is 16.2. The van der Waals surface area contributed by atoms with Crippen molar-refractivity contribution in [3.05, 3.63) is 70.4 Å². The molecule has 2 aromatic carbocycles. The lowest BCUT2D eigenvalue weighted by Gasteiger charge is -2.08. The van der Waals surface area contributed by atoms with Crippen LogP contribution in [0.2, 0.25) is 0 Å². The number of hydrogen-bond acceptors (Lipinski definition) is 7. The minimum atomic E-state index is -0.689. The van der Waals surface area contributed by atoms with Crippen LogP contribution in [0.3, 0.4) is 0 Å². The minimum absolute atomic E-state index is 0.0510. The van der Waals surface area contributed by atoms with Gasteiger partial charge in [0, 0.05) is 30.7 Å². The Morgan fingerprint density at radius 2 is 1.68 bits per heavy atom. The van der Waals surface area contributed by atoms with Crippen molar-refractivity contribution in [2.24, 2.45) is 0 Å². The van der Waals surface area contributed by atoms with Crippen molar-refractivity contribution in [1.29, 1.82) is 0 Å². The highest BCUT2D eigenvalue weighted by Gasteiger charge is 2.14. The number of rotatable bonds is 6. The molecule has 0 saturated carbocycles. The van der Waals surface area contributed by atoms with Crippen LogP contribution in [-0.2, 0) is 4.79 Å². The van der Waals surface area contributed by atoms with Gasteiger partial charge in [0.05, 0.1) is 10.8 Å². The second-order valence-corrected chi connectivity index (χ2v) is 6.81. The maximum absolute atomic E-state index is 12.7. The molecule has 0 unspecified atom stereocenters. The smallest absolute Gasteiger partial charge is 0.333 e. The van der Waals surface area contributed by atoms with E-state index in [1.54, 1.807) is 36.4 Å². The summed E-state index contributed by atoms with van der Waals surface area (Å²) >= 11 is 0. The molecule has 4 aromatic rings. The van der Waals surface area contributed by atoms with Crippen LogP contribution in [0, 0.1) is 0 Å². The first-order valence-electron chi connectivity index (χ1n) is 9.48. The molecule has 158 valence electrons. The fourth-order valence-electron chi connectivity index (χ4n) is 3.12. The number of benzene rings is 2. The van der Waals surface area contributed by atoms with E-state index in [2.05, 4.69) is 5.32 Å². The summed E-state index contributed by atoms with van der Waals surface area (Å²) in [4.78, 5) is 41.7. The summed E-state index contributed by atoms with van der Waals surface area (Å²) in [7, 11) is 0. The highest BCUT2D eigenvalue weighted by atomic mass is 16.7. The normalized spacial score (nSPS) is 11.0. The minimum Gasteiger partial charge on any atom is -0.492 e. The third kappa shape index (κ3) is 4.06. The van der Waals surface area contributed by atoms with Crippen molar-refractivity contribution in [2.75, 3.05) is 6.54 Å². The summed E-state index contributed by atoms with van der Waals surface area (Å²) < 4.78 is 6.33. The number of para-hydroxylation sites is 1. The third-order valence-corrected chi connectivity index (χ3v) is 4.67. The van der Waals surface area contributed by atoms with Crippen LogP contribution in [0.5, 0.6) is 11.8 Å². The molecule has 1 amide bonds. The SMILES string of the molecule is O=C(CCCNC(=O)c1ccc2oc3ccccc3c(=O)c2c1)On1c(O)ccc1O. The van der Waals surface area contributed by atoms with Gasteiger partial charge in [-0.25, -0.2) is 4.79 Å². The molecule has 0 radical (unpaired) electrons. The van der Waals surface area contributed by atoms with Gasteiger partial charge in [0.25, 0.3) is 5.91 Å². The van der Waals surface area contributed by atoms with Crippen molar-refractivity contribution in [3.8, 4) is 11.8 Å². The first-order valence-corrected chi connectivity index (χ1v) is 9.48. The van der Waals surface area contributed by atoms with Gasteiger partial charge in [-0.2, -0.15) is 0 Å². The van der Waals surface area contributed by atoms with Crippen molar-refractivity contribution >= 4 is 33.8 Å². The van der Waals surface area contributed by atoms with Crippen LogP contribution in [0.4, 0.5) is 0 Å². The second-order valence-electron chi connectivity index (χ2n) is 6.81. The number of fused-ring (bicyclic) bond motifs is 2. The van der Waals surface area contributed by atoms with Gasteiger partial charge >= 0.3 is 5.97 Å². The van der Waals surface area contributed by atoms with Crippen LogP contribution >= 0.6 is 0 Å². The first kappa shape index (κ1) is 20.0. The third-order valence-electron chi connectivity index (χ3n) is 4.67. The standard InChI is InChI=1S/C22H18N2O7/c25-18-9-10-19(26)24(18)31-20(27)6-3-11-23-22(29)13-7-8-17-15(12-13)21(28)14-4-1-2-5-16(14)30-17/h1-2,4-5,7-10,12,25-26H,3,6,11H2,(H,23,29). The number of carbonyl (C=O) groups is 2. The number of nitrogens with one attached hydrogen (secondary N) is 1. The molecular formula is C22H18N2O7.